The van der Waals surface area contributed by atoms with Crippen molar-refractivity contribution >= 4 is 32.2 Å². The zero-order chi connectivity index (χ0) is 9.35. The Morgan fingerprint density at radius 3 is 2.42 bits per heavy atom. The van der Waals surface area contributed by atoms with Crippen molar-refractivity contribution in [3.63, 3.8) is 0 Å². The molecule has 0 saturated carbocycles. The molecule has 0 bridgehead atoms. The van der Waals surface area contributed by atoms with Gasteiger partial charge in [-0.05, 0) is 11.5 Å². The second kappa shape index (κ2) is 2.91. The van der Waals surface area contributed by atoms with Crippen LogP contribution in [-0.4, -0.2) is 18.5 Å². The summed E-state index contributed by atoms with van der Waals surface area (Å²) in [7, 11) is -3.32. The van der Waals surface area contributed by atoms with E-state index in [9.17, 15) is 8.42 Å². The van der Waals surface area contributed by atoms with Crippen LogP contribution in [0.25, 0.3) is 0 Å². The highest BCUT2D eigenvalue weighted by Gasteiger charge is 2.21. The van der Waals surface area contributed by atoms with Crippen LogP contribution in [0.5, 0.6) is 0 Å². The van der Waals surface area contributed by atoms with Crippen molar-refractivity contribution in [3.8, 4) is 0 Å². The van der Waals surface area contributed by atoms with Crippen LogP contribution in [0.2, 0.25) is 0 Å². The van der Waals surface area contributed by atoms with E-state index in [0.717, 1.165) is 11.5 Å². The minimum Gasteiger partial charge on any atom is -0.388 e. The van der Waals surface area contributed by atoms with Crippen LogP contribution in [0.1, 0.15) is 6.92 Å². The van der Waals surface area contributed by atoms with Crippen LogP contribution < -0.4 is 11.5 Å². The molecule has 12 heavy (non-hydrogen) atoms. The van der Waals surface area contributed by atoms with Crippen molar-refractivity contribution in [2.45, 2.75) is 11.8 Å². The quantitative estimate of drug-likeness (QED) is 0.716. The van der Waals surface area contributed by atoms with E-state index in [4.69, 9.17) is 11.5 Å². The Bertz CT molecular complexity index is 362. The molecule has 0 aliphatic rings. The predicted molar refractivity (Wildman–Crippen MR) is 48.7 cm³/mol. The highest BCUT2D eigenvalue weighted by molar-refractivity contribution is 7.91. The van der Waals surface area contributed by atoms with Crippen LogP contribution in [0, 0.1) is 0 Å². The number of sulfone groups is 1. The first-order valence-electron chi connectivity index (χ1n) is 3.22. The molecule has 0 atom stereocenters. The van der Waals surface area contributed by atoms with Crippen molar-refractivity contribution in [3.05, 3.63) is 0 Å². The lowest BCUT2D eigenvalue weighted by atomic mass is 10.6. The number of hydrogen-bond acceptors (Lipinski definition) is 6. The van der Waals surface area contributed by atoms with E-state index in [1.807, 2.05) is 0 Å². The van der Waals surface area contributed by atoms with Gasteiger partial charge in [-0.1, -0.05) is 6.92 Å². The van der Waals surface area contributed by atoms with Gasteiger partial charge >= 0.3 is 0 Å². The maximum Gasteiger partial charge on any atom is 0.184 e. The number of rotatable bonds is 2. The summed E-state index contributed by atoms with van der Waals surface area (Å²) in [6.45, 7) is 1.53. The first-order valence-corrected chi connectivity index (χ1v) is 5.65. The van der Waals surface area contributed by atoms with E-state index in [-0.39, 0.29) is 21.5 Å². The van der Waals surface area contributed by atoms with Gasteiger partial charge in [0.25, 0.3) is 0 Å². The van der Waals surface area contributed by atoms with E-state index in [2.05, 4.69) is 4.37 Å². The van der Waals surface area contributed by atoms with E-state index in [1.165, 1.54) is 6.92 Å². The highest BCUT2D eigenvalue weighted by atomic mass is 32.2. The Hall–Kier alpha value is -0.820. The minimum atomic E-state index is -3.32. The van der Waals surface area contributed by atoms with Gasteiger partial charge in [0.1, 0.15) is 9.90 Å². The average Bonchev–Trinajstić information content (AvgIpc) is 2.31. The maximum absolute atomic E-state index is 11.3. The summed E-state index contributed by atoms with van der Waals surface area (Å²) in [6, 6.07) is 0. The Balaban J connectivity index is 3.37. The largest absolute Gasteiger partial charge is 0.388 e. The second-order valence-electron chi connectivity index (χ2n) is 2.16. The van der Waals surface area contributed by atoms with Crippen molar-refractivity contribution in [2.75, 3.05) is 17.2 Å². The van der Waals surface area contributed by atoms with Gasteiger partial charge in [-0.15, -0.1) is 0 Å². The monoisotopic (exact) mass is 207 g/mol. The molecule has 68 valence electrons. The van der Waals surface area contributed by atoms with Crippen LogP contribution in [0.3, 0.4) is 0 Å². The molecule has 0 fully saturated rings. The third-order valence-corrected chi connectivity index (χ3v) is 4.02. The third-order valence-electron chi connectivity index (χ3n) is 1.39. The molecule has 0 aromatic carbocycles. The molecule has 1 heterocycles. The smallest absolute Gasteiger partial charge is 0.184 e. The van der Waals surface area contributed by atoms with Crippen molar-refractivity contribution < 1.29 is 8.42 Å². The van der Waals surface area contributed by atoms with Gasteiger partial charge in [0.2, 0.25) is 0 Å². The molecule has 4 N–H and O–H groups in total. The van der Waals surface area contributed by atoms with Gasteiger partial charge in [-0.2, -0.15) is 4.37 Å². The molecule has 0 aliphatic heterocycles. The lowest BCUT2D eigenvalue weighted by Gasteiger charge is -1.98. The molecule has 1 aromatic heterocycles. The van der Waals surface area contributed by atoms with E-state index in [0.29, 0.717) is 0 Å². The van der Waals surface area contributed by atoms with E-state index in [1.54, 1.807) is 0 Å². The average molecular weight is 207 g/mol. The zero-order valence-corrected chi connectivity index (χ0v) is 8.08. The SMILES string of the molecule is CCS(=O)(=O)c1c(N)nsc1N. The van der Waals surface area contributed by atoms with Crippen LogP contribution in [0.4, 0.5) is 10.8 Å². The first kappa shape index (κ1) is 9.27. The Labute approximate surface area is 74.5 Å². The lowest BCUT2D eigenvalue weighted by Crippen LogP contribution is -2.07. The molecule has 1 rings (SSSR count). The number of nitrogen functional groups attached to an aromatic ring is 2. The Kier molecular flexibility index (Phi) is 2.25. The summed E-state index contributed by atoms with van der Waals surface area (Å²) in [5.74, 6) is -0.0147. The fraction of sp³-hybridized carbons (Fsp3) is 0.400. The fourth-order valence-corrected chi connectivity index (χ4v) is 2.75. The standard InChI is InChI=1S/C5H9N3O2S2/c1-2-12(9,10)3-4(6)8-11-5(3)7/h2,7H2,1H3,(H2,6,8). The van der Waals surface area contributed by atoms with Crippen molar-refractivity contribution in [2.24, 2.45) is 0 Å². The van der Waals surface area contributed by atoms with Crippen LogP contribution in [-0.2, 0) is 9.84 Å². The molecule has 0 unspecified atom stereocenters. The van der Waals surface area contributed by atoms with Crippen LogP contribution >= 0.6 is 11.5 Å². The zero-order valence-electron chi connectivity index (χ0n) is 6.44. The second-order valence-corrected chi connectivity index (χ2v) is 5.18. The summed E-state index contributed by atoms with van der Waals surface area (Å²) in [5, 5.41) is 0.161. The number of aromatic nitrogens is 1. The van der Waals surface area contributed by atoms with Gasteiger partial charge < -0.3 is 11.5 Å². The Morgan fingerprint density at radius 2 is 2.08 bits per heavy atom. The third kappa shape index (κ3) is 1.37. The van der Waals surface area contributed by atoms with Crippen molar-refractivity contribution in [1.82, 2.24) is 4.37 Å². The number of nitrogens with two attached hydrogens (primary N) is 2. The van der Waals surface area contributed by atoms with E-state index < -0.39 is 9.84 Å². The summed E-state index contributed by atoms with van der Waals surface area (Å²) in [5.41, 5.74) is 10.7. The van der Waals surface area contributed by atoms with E-state index >= 15 is 0 Å². The molecule has 0 spiro atoms. The highest BCUT2D eigenvalue weighted by Crippen LogP contribution is 2.28. The normalized spacial score (nSPS) is 11.8. The summed E-state index contributed by atoms with van der Waals surface area (Å²) in [4.78, 5) is -0.0185. The fourth-order valence-electron chi connectivity index (χ4n) is 0.764. The van der Waals surface area contributed by atoms with Gasteiger partial charge in [0, 0.05) is 0 Å². The molecule has 5 nitrogen and oxygen atoms in total. The molecule has 0 aliphatic carbocycles. The van der Waals surface area contributed by atoms with Gasteiger partial charge in [-0.3, -0.25) is 0 Å². The van der Waals surface area contributed by atoms with Gasteiger partial charge in [0.15, 0.2) is 15.7 Å². The van der Waals surface area contributed by atoms with Crippen LogP contribution in [0.15, 0.2) is 4.90 Å². The van der Waals surface area contributed by atoms with Gasteiger partial charge in [0.05, 0.1) is 5.75 Å². The number of hydrogen-bond donors (Lipinski definition) is 2. The summed E-state index contributed by atoms with van der Waals surface area (Å²) >= 11 is 0.897. The first-order chi connectivity index (χ1) is 5.49. The van der Waals surface area contributed by atoms with Crippen molar-refractivity contribution in [1.29, 1.82) is 0 Å². The molecule has 0 amide bonds. The maximum atomic E-state index is 11.3. The van der Waals surface area contributed by atoms with Gasteiger partial charge in [-0.25, -0.2) is 8.42 Å². The predicted octanol–water partition coefficient (Wildman–Crippen LogP) is 0.101. The molecule has 0 saturated heterocycles. The summed E-state index contributed by atoms with van der Waals surface area (Å²) in [6.07, 6.45) is 0. The topological polar surface area (TPSA) is 99.1 Å². The number of nitrogens with zero attached hydrogens (tertiary/aromatic N) is 1. The number of anilines is 2. The molecule has 0 radical (unpaired) electrons. The molecular weight excluding hydrogens is 198 g/mol. The molecule has 1 aromatic rings. The molecule has 7 heteroatoms. The lowest BCUT2D eigenvalue weighted by molar-refractivity contribution is 0.598. The summed E-state index contributed by atoms with van der Waals surface area (Å²) < 4.78 is 26.3. The molecular formula is C5H9N3O2S2. The Morgan fingerprint density at radius 1 is 1.50 bits per heavy atom. The minimum absolute atomic E-state index is 0.000602.